The van der Waals surface area contributed by atoms with Gasteiger partial charge in [0.05, 0.1) is 11.0 Å². The van der Waals surface area contributed by atoms with Crippen LogP contribution >= 0.6 is 15.9 Å². The molecule has 0 aliphatic heterocycles. The molecule has 2 aromatic rings. The SMILES string of the molecule is CCCC1(Cn2c(N)nc3ccc(Br)cc32)CC1. The van der Waals surface area contributed by atoms with Gasteiger partial charge in [0.15, 0.2) is 0 Å². The van der Waals surface area contributed by atoms with E-state index >= 15 is 0 Å². The molecule has 1 aliphatic carbocycles. The van der Waals surface area contributed by atoms with E-state index in [2.05, 4.69) is 38.5 Å². The predicted octanol–water partition coefficient (Wildman–Crippen LogP) is 3.96. The third-order valence-corrected chi connectivity index (χ3v) is 4.46. The molecule has 0 bridgehead atoms. The second-order valence-electron chi connectivity index (χ2n) is 5.44. The summed E-state index contributed by atoms with van der Waals surface area (Å²) in [5, 5.41) is 0. The fourth-order valence-corrected chi connectivity index (χ4v) is 3.16. The van der Waals surface area contributed by atoms with E-state index < -0.39 is 0 Å². The van der Waals surface area contributed by atoms with Crippen LogP contribution in [0.25, 0.3) is 11.0 Å². The van der Waals surface area contributed by atoms with Crippen LogP contribution in [-0.4, -0.2) is 9.55 Å². The first-order valence-electron chi connectivity index (χ1n) is 6.55. The molecular formula is C14H18BrN3. The highest BCUT2D eigenvalue weighted by Gasteiger charge is 2.42. The van der Waals surface area contributed by atoms with Gasteiger partial charge in [0.1, 0.15) is 0 Å². The van der Waals surface area contributed by atoms with E-state index in [0.29, 0.717) is 11.4 Å². The van der Waals surface area contributed by atoms with Crippen molar-refractivity contribution >= 4 is 32.9 Å². The zero-order valence-corrected chi connectivity index (χ0v) is 12.2. The number of hydrogen-bond acceptors (Lipinski definition) is 2. The molecular weight excluding hydrogens is 290 g/mol. The average Bonchev–Trinajstić information content (AvgIpc) is 3.02. The molecule has 1 heterocycles. The first kappa shape index (κ1) is 12.0. The van der Waals surface area contributed by atoms with Gasteiger partial charge in [0, 0.05) is 11.0 Å². The smallest absolute Gasteiger partial charge is 0.201 e. The van der Waals surface area contributed by atoms with Gasteiger partial charge < -0.3 is 10.3 Å². The lowest BCUT2D eigenvalue weighted by atomic mass is 10.0. The molecule has 1 fully saturated rings. The zero-order valence-electron chi connectivity index (χ0n) is 10.6. The second-order valence-corrected chi connectivity index (χ2v) is 6.35. The number of imidazole rings is 1. The van der Waals surface area contributed by atoms with Crippen LogP contribution in [0.5, 0.6) is 0 Å². The van der Waals surface area contributed by atoms with Crippen molar-refractivity contribution < 1.29 is 0 Å². The summed E-state index contributed by atoms with van der Waals surface area (Å²) in [6.07, 6.45) is 5.19. The van der Waals surface area contributed by atoms with E-state index in [1.807, 2.05) is 12.1 Å². The third kappa shape index (κ3) is 2.03. The molecule has 18 heavy (non-hydrogen) atoms. The molecule has 0 atom stereocenters. The molecule has 0 amide bonds. The molecule has 1 aromatic heterocycles. The number of hydrogen-bond donors (Lipinski definition) is 1. The first-order valence-corrected chi connectivity index (χ1v) is 7.34. The fourth-order valence-electron chi connectivity index (χ4n) is 2.81. The first-order chi connectivity index (χ1) is 8.63. The number of benzene rings is 1. The number of nitrogen functional groups attached to an aromatic ring is 1. The van der Waals surface area contributed by atoms with Crippen molar-refractivity contribution in [1.82, 2.24) is 9.55 Å². The number of aromatic nitrogens is 2. The Morgan fingerprint density at radius 2 is 2.22 bits per heavy atom. The minimum absolute atomic E-state index is 0.485. The molecule has 1 aliphatic rings. The summed E-state index contributed by atoms with van der Waals surface area (Å²) in [5.74, 6) is 0.644. The highest BCUT2D eigenvalue weighted by Crippen LogP contribution is 2.51. The van der Waals surface area contributed by atoms with E-state index in [0.717, 1.165) is 22.1 Å². The van der Waals surface area contributed by atoms with Crippen LogP contribution in [0, 0.1) is 5.41 Å². The Balaban J connectivity index is 2.00. The van der Waals surface area contributed by atoms with E-state index in [1.165, 1.54) is 25.7 Å². The number of rotatable bonds is 4. The van der Waals surface area contributed by atoms with Crippen LogP contribution in [-0.2, 0) is 6.54 Å². The summed E-state index contributed by atoms with van der Waals surface area (Å²) >= 11 is 3.52. The maximum atomic E-state index is 6.07. The molecule has 2 N–H and O–H groups in total. The third-order valence-electron chi connectivity index (χ3n) is 3.97. The summed E-state index contributed by atoms with van der Waals surface area (Å²) in [6.45, 7) is 3.27. The Morgan fingerprint density at radius 3 is 2.89 bits per heavy atom. The standard InChI is InChI=1S/C14H18BrN3/c1-2-5-14(6-7-14)9-18-12-8-10(15)3-4-11(12)17-13(18)16/h3-4,8H,2,5-7,9H2,1H3,(H2,16,17). The Bertz CT molecular complexity index is 584. The van der Waals surface area contributed by atoms with Crippen LogP contribution in [0.15, 0.2) is 22.7 Å². The molecule has 0 radical (unpaired) electrons. The number of anilines is 1. The molecule has 0 unspecified atom stereocenters. The maximum Gasteiger partial charge on any atom is 0.201 e. The van der Waals surface area contributed by atoms with Crippen LogP contribution in [0.4, 0.5) is 5.95 Å². The lowest BCUT2D eigenvalue weighted by molar-refractivity contribution is 0.396. The number of nitrogens with zero attached hydrogens (tertiary/aromatic N) is 2. The minimum Gasteiger partial charge on any atom is -0.369 e. The Hall–Kier alpha value is -1.03. The van der Waals surface area contributed by atoms with Gasteiger partial charge in [0.25, 0.3) is 0 Å². The summed E-state index contributed by atoms with van der Waals surface area (Å²) in [6, 6.07) is 6.14. The van der Waals surface area contributed by atoms with Gasteiger partial charge in [0.2, 0.25) is 5.95 Å². The Kier molecular flexibility index (Phi) is 2.85. The van der Waals surface area contributed by atoms with Crippen molar-refractivity contribution in [1.29, 1.82) is 0 Å². The Labute approximate surface area is 116 Å². The second kappa shape index (κ2) is 4.26. The zero-order chi connectivity index (χ0) is 12.8. The summed E-state index contributed by atoms with van der Waals surface area (Å²) < 4.78 is 3.26. The molecule has 3 rings (SSSR count). The normalized spacial score (nSPS) is 17.2. The highest BCUT2D eigenvalue weighted by molar-refractivity contribution is 9.10. The van der Waals surface area contributed by atoms with Crippen molar-refractivity contribution in [3.05, 3.63) is 22.7 Å². The fraction of sp³-hybridized carbons (Fsp3) is 0.500. The van der Waals surface area contributed by atoms with Gasteiger partial charge in [-0.25, -0.2) is 4.98 Å². The van der Waals surface area contributed by atoms with Crippen molar-refractivity contribution in [3.8, 4) is 0 Å². The number of halogens is 1. The van der Waals surface area contributed by atoms with Crippen molar-refractivity contribution in [2.45, 2.75) is 39.2 Å². The molecule has 1 aromatic carbocycles. The van der Waals surface area contributed by atoms with E-state index in [1.54, 1.807) is 0 Å². The van der Waals surface area contributed by atoms with E-state index in [-0.39, 0.29) is 0 Å². The van der Waals surface area contributed by atoms with Crippen molar-refractivity contribution in [2.75, 3.05) is 5.73 Å². The van der Waals surface area contributed by atoms with Gasteiger partial charge in [-0.2, -0.15) is 0 Å². The molecule has 96 valence electrons. The van der Waals surface area contributed by atoms with Crippen LogP contribution in [0.2, 0.25) is 0 Å². The topological polar surface area (TPSA) is 43.8 Å². The highest BCUT2D eigenvalue weighted by atomic mass is 79.9. The Morgan fingerprint density at radius 1 is 1.44 bits per heavy atom. The molecule has 4 heteroatoms. The quantitative estimate of drug-likeness (QED) is 0.929. The largest absolute Gasteiger partial charge is 0.369 e. The summed E-state index contributed by atoms with van der Waals surface area (Å²) in [7, 11) is 0. The number of nitrogens with two attached hydrogens (primary N) is 1. The van der Waals surface area contributed by atoms with Gasteiger partial charge in [-0.15, -0.1) is 0 Å². The van der Waals surface area contributed by atoms with Crippen molar-refractivity contribution in [3.63, 3.8) is 0 Å². The van der Waals surface area contributed by atoms with Gasteiger partial charge >= 0.3 is 0 Å². The van der Waals surface area contributed by atoms with Crippen LogP contribution < -0.4 is 5.73 Å². The lowest BCUT2D eigenvalue weighted by Crippen LogP contribution is -2.13. The van der Waals surface area contributed by atoms with E-state index in [9.17, 15) is 0 Å². The van der Waals surface area contributed by atoms with E-state index in [4.69, 9.17) is 5.73 Å². The van der Waals surface area contributed by atoms with Gasteiger partial charge in [-0.1, -0.05) is 29.3 Å². The summed E-state index contributed by atoms with van der Waals surface area (Å²) in [5.41, 5.74) is 8.69. The molecule has 3 nitrogen and oxygen atoms in total. The number of fused-ring (bicyclic) bond motifs is 1. The molecule has 0 saturated heterocycles. The van der Waals surface area contributed by atoms with Crippen LogP contribution in [0.1, 0.15) is 32.6 Å². The summed E-state index contributed by atoms with van der Waals surface area (Å²) in [4.78, 5) is 4.45. The lowest BCUT2D eigenvalue weighted by Gasteiger charge is -2.16. The minimum atomic E-state index is 0.485. The monoisotopic (exact) mass is 307 g/mol. The van der Waals surface area contributed by atoms with Gasteiger partial charge in [-0.3, -0.25) is 0 Å². The van der Waals surface area contributed by atoms with Gasteiger partial charge in [-0.05, 0) is 42.9 Å². The average molecular weight is 308 g/mol. The predicted molar refractivity (Wildman–Crippen MR) is 78.4 cm³/mol. The molecule has 1 saturated carbocycles. The van der Waals surface area contributed by atoms with Crippen LogP contribution in [0.3, 0.4) is 0 Å². The maximum absolute atomic E-state index is 6.07. The molecule has 0 spiro atoms. The van der Waals surface area contributed by atoms with Crippen molar-refractivity contribution in [2.24, 2.45) is 5.41 Å².